The van der Waals surface area contributed by atoms with Crippen molar-refractivity contribution in [3.8, 4) is 0 Å². The number of rotatable bonds is 6. The number of ether oxygens (including phenoxy) is 1. The van der Waals surface area contributed by atoms with Crippen LogP contribution in [0.15, 0.2) is 0 Å². The zero-order chi connectivity index (χ0) is 10.3. The first-order valence-corrected chi connectivity index (χ1v) is 5.24. The van der Waals surface area contributed by atoms with E-state index in [1.807, 2.05) is 6.92 Å². The quantitative estimate of drug-likeness (QED) is 0.649. The summed E-state index contributed by atoms with van der Waals surface area (Å²) in [5.41, 5.74) is 0.0195. The Morgan fingerprint density at radius 1 is 1.23 bits per heavy atom. The summed E-state index contributed by atoms with van der Waals surface area (Å²) in [6.07, 6.45) is 2.81. The van der Waals surface area contributed by atoms with Crippen molar-refractivity contribution in [3.05, 3.63) is 0 Å². The molecule has 0 aliphatic rings. The minimum atomic E-state index is -0.186. The van der Waals surface area contributed by atoms with Crippen LogP contribution in [-0.4, -0.2) is 24.4 Å². The van der Waals surface area contributed by atoms with Gasteiger partial charge >= 0.3 is 0 Å². The molecule has 2 nitrogen and oxygen atoms in total. The predicted octanol–water partition coefficient (Wildman–Crippen LogP) is 2.60. The molecule has 0 fully saturated rings. The van der Waals surface area contributed by atoms with Crippen LogP contribution in [0.4, 0.5) is 0 Å². The normalized spacial score (nSPS) is 14.5. The third-order valence-corrected chi connectivity index (χ3v) is 2.22. The summed E-state index contributed by atoms with van der Waals surface area (Å²) in [5, 5.41) is 9.70. The van der Waals surface area contributed by atoms with E-state index in [4.69, 9.17) is 4.74 Å². The maximum absolute atomic E-state index is 9.70. The molecule has 1 N–H and O–H groups in total. The fourth-order valence-electron chi connectivity index (χ4n) is 1.12. The average molecular weight is 188 g/mol. The maximum Gasteiger partial charge on any atom is 0.0588 e. The fourth-order valence-corrected chi connectivity index (χ4v) is 1.12. The van der Waals surface area contributed by atoms with Gasteiger partial charge in [0, 0.05) is 13.2 Å². The lowest BCUT2D eigenvalue weighted by Crippen LogP contribution is -2.25. The molecule has 0 heterocycles. The summed E-state index contributed by atoms with van der Waals surface area (Å²) in [5.74, 6) is 0. The third-order valence-electron chi connectivity index (χ3n) is 2.22. The van der Waals surface area contributed by atoms with E-state index >= 15 is 0 Å². The van der Waals surface area contributed by atoms with Crippen molar-refractivity contribution >= 4 is 0 Å². The van der Waals surface area contributed by atoms with Crippen molar-refractivity contribution in [3.63, 3.8) is 0 Å². The highest BCUT2D eigenvalue weighted by atomic mass is 16.5. The van der Waals surface area contributed by atoms with Gasteiger partial charge in [0.05, 0.1) is 6.10 Å². The van der Waals surface area contributed by atoms with Crippen molar-refractivity contribution in [2.24, 2.45) is 5.41 Å². The lowest BCUT2D eigenvalue weighted by molar-refractivity contribution is 0.0504. The van der Waals surface area contributed by atoms with E-state index in [2.05, 4.69) is 20.8 Å². The summed E-state index contributed by atoms with van der Waals surface area (Å²) < 4.78 is 5.22. The maximum atomic E-state index is 9.70. The molecular formula is C11H24O2. The summed E-state index contributed by atoms with van der Waals surface area (Å²) >= 11 is 0. The fraction of sp³-hybridized carbons (Fsp3) is 1.00. The minimum Gasteiger partial charge on any atom is -0.393 e. The van der Waals surface area contributed by atoms with Crippen LogP contribution in [0.25, 0.3) is 0 Å². The van der Waals surface area contributed by atoms with Gasteiger partial charge < -0.3 is 9.84 Å². The lowest BCUT2D eigenvalue weighted by atomic mass is 9.86. The van der Waals surface area contributed by atoms with Crippen molar-refractivity contribution in [2.45, 2.75) is 53.1 Å². The molecule has 0 aromatic carbocycles. The number of hydrogen-bond donors (Lipinski definition) is 1. The number of aliphatic hydroxyl groups excluding tert-OH is 1. The van der Waals surface area contributed by atoms with E-state index in [9.17, 15) is 5.11 Å². The minimum absolute atomic E-state index is 0.0195. The summed E-state index contributed by atoms with van der Waals surface area (Å²) in [6.45, 7) is 9.83. The van der Waals surface area contributed by atoms with Crippen LogP contribution < -0.4 is 0 Å². The van der Waals surface area contributed by atoms with Crippen LogP contribution in [0.3, 0.4) is 0 Å². The van der Waals surface area contributed by atoms with Gasteiger partial charge in [0.1, 0.15) is 0 Å². The molecule has 0 aliphatic heterocycles. The van der Waals surface area contributed by atoms with E-state index in [1.165, 1.54) is 0 Å². The zero-order valence-electron chi connectivity index (χ0n) is 9.47. The van der Waals surface area contributed by atoms with E-state index in [0.717, 1.165) is 32.5 Å². The van der Waals surface area contributed by atoms with Crippen molar-refractivity contribution in [2.75, 3.05) is 13.2 Å². The Bertz CT molecular complexity index is 116. The van der Waals surface area contributed by atoms with Gasteiger partial charge in [-0.25, -0.2) is 0 Å². The van der Waals surface area contributed by atoms with Crippen molar-refractivity contribution in [1.82, 2.24) is 0 Å². The first-order valence-electron chi connectivity index (χ1n) is 5.24. The largest absolute Gasteiger partial charge is 0.393 e. The molecule has 13 heavy (non-hydrogen) atoms. The van der Waals surface area contributed by atoms with Gasteiger partial charge in [-0.05, 0) is 31.6 Å². The first kappa shape index (κ1) is 12.9. The predicted molar refractivity (Wildman–Crippen MR) is 55.8 cm³/mol. The zero-order valence-corrected chi connectivity index (χ0v) is 9.47. The monoisotopic (exact) mass is 188 g/mol. The molecule has 0 aromatic rings. The highest BCUT2D eigenvalue weighted by Gasteiger charge is 2.20. The molecule has 0 bridgehead atoms. The molecule has 0 aliphatic carbocycles. The Labute approximate surface area is 82.3 Å². The highest BCUT2D eigenvalue weighted by molar-refractivity contribution is 4.72. The Morgan fingerprint density at radius 3 is 2.31 bits per heavy atom. The van der Waals surface area contributed by atoms with Crippen LogP contribution in [0.5, 0.6) is 0 Å². The van der Waals surface area contributed by atoms with E-state index in [1.54, 1.807) is 0 Å². The van der Waals surface area contributed by atoms with E-state index in [-0.39, 0.29) is 11.5 Å². The van der Waals surface area contributed by atoms with Crippen LogP contribution in [0.2, 0.25) is 0 Å². The second-order valence-corrected chi connectivity index (χ2v) is 4.57. The summed E-state index contributed by atoms with van der Waals surface area (Å²) in [6, 6.07) is 0. The molecule has 1 unspecified atom stereocenters. The molecule has 2 heteroatoms. The van der Waals surface area contributed by atoms with Gasteiger partial charge in [0.2, 0.25) is 0 Å². The SMILES string of the molecule is CCOCCCCC(O)C(C)(C)C. The van der Waals surface area contributed by atoms with Gasteiger partial charge in [-0.15, -0.1) is 0 Å². The Morgan fingerprint density at radius 2 is 1.85 bits per heavy atom. The van der Waals surface area contributed by atoms with Gasteiger partial charge in [-0.3, -0.25) is 0 Å². The number of aliphatic hydroxyl groups is 1. The second kappa shape index (κ2) is 6.39. The van der Waals surface area contributed by atoms with Gasteiger partial charge in [-0.2, -0.15) is 0 Å². The summed E-state index contributed by atoms with van der Waals surface area (Å²) in [7, 11) is 0. The average Bonchev–Trinajstić information content (AvgIpc) is 2.02. The molecular weight excluding hydrogens is 164 g/mol. The number of hydrogen-bond acceptors (Lipinski definition) is 2. The van der Waals surface area contributed by atoms with E-state index in [0.29, 0.717) is 0 Å². The van der Waals surface area contributed by atoms with Crippen LogP contribution in [0, 0.1) is 5.41 Å². The summed E-state index contributed by atoms with van der Waals surface area (Å²) in [4.78, 5) is 0. The molecule has 1 atom stereocenters. The third kappa shape index (κ3) is 7.03. The Hall–Kier alpha value is -0.0800. The van der Waals surface area contributed by atoms with Crippen LogP contribution >= 0.6 is 0 Å². The highest BCUT2D eigenvalue weighted by Crippen LogP contribution is 2.22. The second-order valence-electron chi connectivity index (χ2n) is 4.57. The van der Waals surface area contributed by atoms with E-state index < -0.39 is 0 Å². The molecule has 80 valence electrons. The van der Waals surface area contributed by atoms with Crippen molar-refractivity contribution in [1.29, 1.82) is 0 Å². The van der Waals surface area contributed by atoms with Crippen molar-refractivity contribution < 1.29 is 9.84 Å². The lowest BCUT2D eigenvalue weighted by Gasteiger charge is -2.25. The Balaban J connectivity index is 3.32. The molecule has 0 amide bonds. The smallest absolute Gasteiger partial charge is 0.0588 e. The number of unbranched alkanes of at least 4 members (excludes halogenated alkanes) is 1. The van der Waals surface area contributed by atoms with Crippen LogP contribution in [-0.2, 0) is 4.74 Å². The molecule has 0 spiro atoms. The van der Waals surface area contributed by atoms with Gasteiger partial charge in [-0.1, -0.05) is 20.8 Å². The molecule has 0 rings (SSSR count). The molecule has 0 radical (unpaired) electrons. The van der Waals surface area contributed by atoms with Gasteiger partial charge in [0.15, 0.2) is 0 Å². The first-order chi connectivity index (χ1) is 5.98. The Kier molecular flexibility index (Phi) is 6.35. The molecule has 0 aromatic heterocycles. The standard InChI is InChI=1S/C11H24O2/c1-5-13-9-7-6-8-10(12)11(2,3)4/h10,12H,5-9H2,1-4H3. The molecule has 0 saturated carbocycles. The topological polar surface area (TPSA) is 29.5 Å². The van der Waals surface area contributed by atoms with Gasteiger partial charge in [0.25, 0.3) is 0 Å². The van der Waals surface area contributed by atoms with Crippen LogP contribution in [0.1, 0.15) is 47.0 Å². The molecule has 0 saturated heterocycles.